The third kappa shape index (κ3) is 3.02. The topological polar surface area (TPSA) is 42.0 Å². The van der Waals surface area contributed by atoms with Crippen molar-refractivity contribution in [1.29, 1.82) is 0 Å². The zero-order chi connectivity index (χ0) is 13.2. The Bertz CT molecular complexity index is 301. The van der Waals surface area contributed by atoms with Gasteiger partial charge in [0.05, 0.1) is 26.3 Å². The molecule has 0 aromatic heterocycles. The van der Waals surface area contributed by atoms with Crippen molar-refractivity contribution in [3.63, 3.8) is 0 Å². The minimum Gasteiger partial charge on any atom is -0.346 e. The van der Waals surface area contributed by atoms with Crippen molar-refractivity contribution in [2.75, 3.05) is 39.9 Å². The van der Waals surface area contributed by atoms with Gasteiger partial charge >= 0.3 is 0 Å². The van der Waals surface area contributed by atoms with E-state index in [-0.39, 0.29) is 11.9 Å². The summed E-state index contributed by atoms with van der Waals surface area (Å²) in [7, 11) is 1.86. The molecule has 5 heteroatoms. The predicted octanol–water partition coefficient (Wildman–Crippen LogP) is 0.692. The SMILES string of the molecule is CC(C)N(C)C(=O)CN1CCCC2(C1)OCCO2. The van der Waals surface area contributed by atoms with Gasteiger partial charge < -0.3 is 14.4 Å². The predicted molar refractivity (Wildman–Crippen MR) is 68.2 cm³/mol. The van der Waals surface area contributed by atoms with Gasteiger partial charge in [-0.2, -0.15) is 0 Å². The summed E-state index contributed by atoms with van der Waals surface area (Å²) in [6.45, 7) is 7.53. The van der Waals surface area contributed by atoms with Crippen LogP contribution >= 0.6 is 0 Å². The van der Waals surface area contributed by atoms with E-state index < -0.39 is 5.79 Å². The van der Waals surface area contributed by atoms with Crippen LogP contribution in [0.1, 0.15) is 26.7 Å². The second-order valence-electron chi connectivity index (χ2n) is 5.52. The van der Waals surface area contributed by atoms with Crippen LogP contribution in [0, 0.1) is 0 Å². The Labute approximate surface area is 109 Å². The summed E-state index contributed by atoms with van der Waals surface area (Å²) in [5.74, 6) is -0.269. The fraction of sp³-hybridized carbons (Fsp3) is 0.923. The Morgan fingerprint density at radius 1 is 1.39 bits per heavy atom. The molecule has 2 rings (SSSR count). The lowest BCUT2D eigenvalue weighted by atomic mass is 10.0. The molecule has 2 fully saturated rings. The molecule has 2 saturated heterocycles. The van der Waals surface area contributed by atoms with E-state index in [2.05, 4.69) is 4.90 Å². The second kappa shape index (κ2) is 5.55. The first kappa shape index (κ1) is 13.8. The Morgan fingerprint density at radius 3 is 2.67 bits per heavy atom. The normalized spacial score (nSPS) is 23.8. The number of likely N-dealkylation sites (N-methyl/N-ethyl adjacent to an activating group) is 1. The van der Waals surface area contributed by atoms with E-state index in [0.717, 1.165) is 19.4 Å². The van der Waals surface area contributed by atoms with Gasteiger partial charge in [0.25, 0.3) is 0 Å². The zero-order valence-corrected chi connectivity index (χ0v) is 11.6. The van der Waals surface area contributed by atoms with Crippen LogP contribution in [-0.4, -0.2) is 67.4 Å². The highest BCUT2D eigenvalue weighted by Crippen LogP contribution is 2.29. The highest BCUT2D eigenvalue weighted by atomic mass is 16.7. The first-order valence-electron chi connectivity index (χ1n) is 6.78. The van der Waals surface area contributed by atoms with Crippen LogP contribution in [0.3, 0.4) is 0 Å². The monoisotopic (exact) mass is 256 g/mol. The number of nitrogens with zero attached hydrogens (tertiary/aromatic N) is 2. The number of rotatable bonds is 3. The van der Waals surface area contributed by atoms with Crippen molar-refractivity contribution >= 4 is 5.91 Å². The number of amides is 1. The lowest BCUT2D eigenvalue weighted by Gasteiger charge is -2.38. The highest BCUT2D eigenvalue weighted by Gasteiger charge is 2.41. The minimum atomic E-state index is -0.436. The maximum Gasteiger partial charge on any atom is 0.236 e. The lowest BCUT2D eigenvalue weighted by molar-refractivity contribution is -0.190. The van der Waals surface area contributed by atoms with Crippen molar-refractivity contribution in [2.45, 2.75) is 38.5 Å². The summed E-state index contributed by atoms with van der Waals surface area (Å²) in [4.78, 5) is 16.0. The summed E-state index contributed by atoms with van der Waals surface area (Å²) in [6, 6.07) is 0.246. The molecule has 2 aliphatic heterocycles. The number of carbonyl (C=O) groups is 1. The van der Waals surface area contributed by atoms with Gasteiger partial charge in [-0.15, -0.1) is 0 Å². The lowest BCUT2D eigenvalue weighted by Crippen LogP contribution is -2.52. The van der Waals surface area contributed by atoms with Crippen molar-refractivity contribution in [2.24, 2.45) is 0 Å². The maximum atomic E-state index is 12.1. The number of hydrogen-bond donors (Lipinski definition) is 0. The molecule has 0 unspecified atom stereocenters. The molecule has 2 aliphatic rings. The van der Waals surface area contributed by atoms with Crippen molar-refractivity contribution in [3.05, 3.63) is 0 Å². The fourth-order valence-electron chi connectivity index (χ4n) is 2.53. The Balaban J connectivity index is 1.88. The van der Waals surface area contributed by atoms with Crippen molar-refractivity contribution in [1.82, 2.24) is 9.80 Å². The van der Waals surface area contributed by atoms with Crippen LogP contribution in [0.15, 0.2) is 0 Å². The molecule has 0 radical (unpaired) electrons. The molecule has 104 valence electrons. The van der Waals surface area contributed by atoms with Gasteiger partial charge in [-0.1, -0.05) is 0 Å². The molecule has 1 spiro atoms. The van der Waals surface area contributed by atoms with Gasteiger partial charge in [0.1, 0.15) is 0 Å². The van der Waals surface area contributed by atoms with Crippen LogP contribution in [0.5, 0.6) is 0 Å². The fourth-order valence-corrected chi connectivity index (χ4v) is 2.53. The average molecular weight is 256 g/mol. The number of likely N-dealkylation sites (tertiary alicyclic amines) is 1. The minimum absolute atomic E-state index is 0.167. The van der Waals surface area contributed by atoms with Gasteiger partial charge in [-0.25, -0.2) is 0 Å². The van der Waals surface area contributed by atoms with E-state index >= 15 is 0 Å². The van der Waals surface area contributed by atoms with E-state index in [0.29, 0.717) is 26.3 Å². The van der Waals surface area contributed by atoms with E-state index in [1.165, 1.54) is 0 Å². The average Bonchev–Trinajstić information content (AvgIpc) is 2.76. The number of hydrogen-bond acceptors (Lipinski definition) is 4. The van der Waals surface area contributed by atoms with Gasteiger partial charge in [0, 0.05) is 19.5 Å². The van der Waals surface area contributed by atoms with Gasteiger partial charge in [0.15, 0.2) is 5.79 Å². The number of piperidine rings is 1. The van der Waals surface area contributed by atoms with Crippen LogP contribution < -0.4 is 0 Å². The van der Waals surface area contributed by atoms with Crippen molar-refractivity contribution in [3.8, 4) is 0 Å². The molecule has 0 bridgehead atoms. The van der Waals surface area contributed by atoms with E-state index in [9.17, 15) is 4.79 Å². The molecular weight excluding hydrogens is 232 g/mol. The summed E-state index contributed by atoms with van der Waals surface area (Å²) in [5.41, 5.74) is 0. The van der Waals surface area contributed by atoms with Crippen LogP contribution in [-0.2, 0) is 14.3 Å². The Morgan fingerprint density at radius 2 is 2.06 bits per heavy atom. The second-order valence-corrected chi connectivity index (χ2v) is 5.52. The van der Waals surface area contributed by atoms with E-state index in [4.69, 9.17) is 9.47 Å². The highest BCUT2D eigenvalue weighted by molar-refractivity contribution is 5.78. The molecule has 0 N–H and O–H groups in total. The Hall–Kier alpha value is -0.650. The quantitative estimate of drug-likeness (QED) is 0.745. The first-order chi connectivity index (χ1) is 8.52. The molecule has 0 atom stereocenters. The van der Waals surface area contributed by atoms with E-state index in [1.807, 2.05) is 20.9 Å². The number of carbonyl (C=O) groups excluding carboxylic acids is 1. The molecule has 0 aromatic carbocycles. The standard InChI is InChI=1S/C13H24N2O3/c1-11(2)14(3)12(16)9-15-6-4-5-13(10-15)17-7-8-18-13/h11H,4-10H2,1-3H3. The van der Waals surface area contributed by atoms with Gasteiger partial charge in [-0.3, -0.25) is 9.69 Å². The molecule has 5 nitrogen and oxygen atoms in total. The summed E-state index contributed by atoms with van der Waals surface area (Å²) in [5, 5.41) is 0. The first-order valence-corrected chi connectivity index (χ1v) is 6.78. The molecule has 1 amide bonds. The largest absolute Gasteiger partial charge is 0.346 e. The molecule has 2 heterocycles. The van der Waals surface area contributed by atoms with Gasteiger partial charge in [0.2, 0.25) is 5.91 Å². The van der Waals surface area contributed by atoms with Crippen LogP contribution in [0.25, 0.3) is 0 Å². The maximum absolute atomic E-state index is 12.1. The third-order valence-corrected chi connectivity index (χ3v) is 3.84. The summed E-state index contributed by atoms with van der Waals surface area (Å²) >= 11 is 0. The molecule has 0 aromatic rings. The number of ether oxygens (including phenoxy) is 2. The molecule has 18 heavy (non-hydrogen) atoms. The van der Waals surface area contributed by atoms with Crippen LogP contribution in [0.2, 0.25) is 0 Å². The Kier molecular flexibility index (Phi) is 4.25. The molecule has 0 aliphatic carbocycles. The van der Waals surface area contributed by atoms with Gasteiger partial charge in [-0.05, 0) is 26.8 Å². The van der Waals surface area contributed by atoms with E-state index in [1.54, 1.807) is 4.90 Å². The molecular formula is C13H24N2O3. The molecule has 0 saturated carbocycles. The smallest absolute Gasteiger partial charge is 0.236 e. The summed E-state index contributed by atoms with van der Waals surface area (Å²) in [6.07, 6.45) is 1.97. The summed E-state index contributed by atoms with van der Waals surface area (Å²) < 4.78 is 11.4. The zero-order valence-electron chi connectivity index (χ0n) is 11.6. The van der Waals surface area contributed by atoms with Crippen molar-refractivity contribution < 1.29 is 14.3 Å². The van der Waals surface area contributed by atoms with Crippen LogP contribution in [0.4, 0.5) is 0 Å². The third-order valence-electron chi connectivity index (χ3n) is 3.84.